The third-order valence-electron chi connectivity index (χ3n) is 3.38. The van der Waals surface area contributed by atoms with Gasteiger partial charge in [0.05, 0.1) is 7.11 Å². The summed E-state index contributed by atoms with van der Waals surface area (Å²) in [6.07, 6.45) is -5.63. The van der Waals surface area contributed by atoms with Crippen molar-refractivity contribution >= 4 is 5.78 Å². The molecule has 24 heavy (non-hydrogen) atoms. The maximum absolute atomic E-state index is 12.5. The van der Waals surface area contributed by atoms with Gasteiger partial charge in [0.1, 0.15) is 18.5 Å². The van der Waals surface area contributed by atoms with Crippen molar-refractivity contribution in [1.29, 1.82) is 0 Å². The first kappa shape index (κ1) is 18.0. The molecule has 0 bridgehead atoms. The molecule has 0 aliphatic rings. The molecular formula is C18H17F3O3. The van der Waals surface area contributed by atoms with Gasteiger partial charge in [-0.1, -0.05) is 30.3 Å². The average molecular weight is 338 g/mol. The van der Waals surface area contributed by atoms with E-state index in [1.165, 1.54) is 19.2 Å². The summed E-state index contributed by atoms with van der Waals surface area (Å²) in [4.78, 5) is 12.5. The van der Waals surface area contributed by atoms with Crippen molar-refractivity contribution in [1.82, 2.24) is 0 Å². The molecule has 0 aromatic heterocycles. The first-order valence-corrected chi connectivity index (χ1v) is 7.29. The van der Waals surface area contributed by atoms with Gasteiger partial charge in [0.25, 0.3) is 0 Å². The van der Waals surface area contributed by atoms with Crippen LogP contribution in [0.3, 0.4) is 0 Å². The molecule has 1 atom stereocenters. The van der Waals surface area contributed by atoms with E-state index in [1.807, 2.05) is 0 Å². The lowest BCUT2D eigenvalue weighted by Crippen LogP contribution is -2.31. The largest absolute Gasteiger partial charge is 0.497 e. The highest BCUT2D eigenvalue weighted by atomic mass is 19.4. The summed E-state index contributed by atoms with van der Waals surface area (Å²) in [5, 5.41) is 0. The number of carbonyl (C=O) groups is 1. The normalized spacial score (nSPS) is 12.7. The Bertz CT molecular complexity index is 651. The predicted octanol–water partition coefficient (Wildman–Crippen LogP) is 4.07. The molecule has 0 aliphatic carbocycles. The molecule has 0 fully saturated rings. The summed E-state index contributed by atoms with van der Waals surface area (Å²) in [7, 11) is 1.49. The molecule has 0 aliphatic heterocycles. The van der Waals surface area contributed by atoms with Crippen molar-refractivity contribution in [3.63, 3.8) is 0 Å². The standard InChI is InChI=1S/C18H17F3O3/c1-23-15-9-7-14(8-10-15)17(22)16(24-12-18(19,20)21)11-13-5-3-2-4-6-13/h2-10,16H,11-12H2,1H3. The van der Waals surface area contributed by atoms with E-state index in [0.717, 1.165) is 5.56 Å². The van der Waals surface area contributed by atoms with Gasteiger partial charge in [-0.15, -0.1) is 0 Å². The van der Waals surface area contributed by atoms with Crippen LogP contribution in [0.15, 0.2) is 54.6 Å². The number of alkyl halides is 3. The van der Waals surface area contributed by atoms with Gasteiger partial charge in [-0.2, -0.15) is 13.2 Å². The van der Waals surface area contributed by atoms with Gasteiger partial charge in [0, 0.05) is 12.0 Å². The van der Waals surface area contributed by atoms with Crippen LogP contribution in [-0.4, -0.2) is 31.8 Å². The van der Waals surface area contributed by atoms with Crippen LogP contribution in [0.25, 0.3) is 0 Å². The van der Waals surface area contributed by atoms with Gasteiger partial charge in [-0.05, 0) is 29.8 Å². The molecule has 2 rings (SSSR count). The van der Waals surface area contributed by atoms with Gasteiger partial charge in [0.2, 0.25) is 0 Å². The molecule has 0 radical (unpaired) electrons. The summed E-state index contributed by atoms with van der Waals surface area (Å²) in [6, 6.07) is 15.0. The smallest absolute Gasteiger partial charge is 0.411 e. The van der Waals surface area contributed by atoms with E-state index in [9.17, 15) is 18.0 Å². The number of Topliss-reactive ketones (excluding diaryl/α,β-unsaturated/α-hetero) is 1. The number of rotatable bonds is 7. The fourth-order valence-electron chi connectivity index (χ4n) is 2.19. The summed E-state index contributed by atoms with van der Waals surface area (Å²) in [6.45, 7) is -1.47. The van der Waals surface area contributed by atoms with E-state index in [4.69, 9.17) is 9.47 Å². The minimum Gasteiger partial charge on any atom is -0.497 e. The fraction of sp³-hybridized carbons (Fsp3) is 0.278. The molecule has 0 saturated heterocycles. The quantitative estimate of drug-likeness (QED) is 0.714. The number of hydrogen-bond donors (Lipinski definition) is 0. The summed E-state index contributed by atoms with van der Waals surface area (Å²) >= 11 is 0. The number of methoxy groups -OCH3 is 1. The Morgan fingerprint density at radius 3 is 2.21 bits per heavy atom. The van der Waals surface area contributed by atoms with E-state index in [2.05, 4.69) is 0 Å². The van der Waals surface area contributed by atoms with Crippen LogP contribution in [-0.2, 0) is 11.2 Å². The first-order chi connectivity index (χ1) is 11.4. The molecule has 2 aromatic rings. The predicted molar refractivity (Wildman–Crippen MR) is 83.3 cm³/mol. The van der Waals surface area contributed by atoms with Crippen LogP contribution in [0.5, 0.6) is 5.75 Å². The number of halogens is 3. The third-order valence-corrected chi connectivity index (χ3v) is 3.38. The van der Waals surface area contributed by atoms with Crippen LogP contribution >= 0.6 is 0 Å². The van der Waals surface area contributed by atoms with Gasteiger partial charge >= 0.3 is 6.18 Å². The van der Waals surface area contributed by atoms with Crippen molar-refractivity contribution < 1.29 is 27.4 Å². The Morgan fingerprint density at radius 2 is 1.67 bits per heavy atom. The molecule has 0 N–H and O–H groups in total. The Kier molecular flexibility index (Phi) is 5.98. The van der Waals surface area contributed by atoms with Crippen LogP contribution < -0.4 is 4.74 Å². The average Bonchev–Trinajstić information content (AvgIpc) is 2.58. The number of ketones is 1. The zero-order valence-electron chi connectivity index (χ0n) is 13.0. The van der Waals surface area contributed by atoms with Crippen LogP contribution in [0.2, 0.25) is 0 Å². The molecule has 0 amide bonds. The molecule has 6 heteroatoms. The molecular weight excluding hydrogens is 321 g/mol. The highest BCUT2D eigenvalue weighted by molar-refractivity contribution is 5.99. The minimum absolute atomic E-state index is 0.0712. The number of hydrogen-bond acceptors (Lipinski definition) is 3. The van der Waals surface area contributed by atoms with Crippen molar-refractivity contribution in [2.75, 3.05) is 13.7 Å². The maximum atomic E-state index is 12.5. The van der Waals surface area contributed by atoms with E-state index in [-0.39, 0.29) is 12.0 Å². The third kappa shape index (κ3) is 5.38. The molecule has 2 aromatic carbocycles. The second kappa shape index (κ2) is 7.97. The van der Waals surface area contributed by atoms with Crippen molar-refractivity contribution in [3.05, 3.63) is 65.7 Å². The highest BCUT2D eigenvalue weighted by Gasteiger charge is 2.31. The Morgan fingerprint density at radius 1 is 1.04 bits per heavy atom. The summed E-state index contributed by atoms with van der Waals surface area (Å²) in [5.74, 6) is 0.0631. The second-order valence-corrected chi connectivity index (χ2v) is 5.20. The molecule has 128 valence electrons. The van der Waals surface area contributed by atoms with Crippen molar-refractivity contribution in [2.45, 2.75) is 18.7 Å². The van der Waals surface area contributed by atoms with E-state index in [1.54, 1.807) is 42.5 Å². The van der Waals surface area contributed by atoms with E-state index in [0.29, 0.717) is 5.75 Å². The van der Waals surface area contributed by atoms with Gasteiger partial charge < -0.3 is 9.47 Å². The lowest BCUT2D eigenvalue weighted by Gasteiger charge is -2.18. The Hall–Kier alpha value is -2.34. The van der Waals surface area contributed by atoms with E-state index >= 15 is 0 Å². The molecule has 0 saturated carbocycles. The zero-order chi connectivity index (χ0) is 17.6. The number of benzene rings is 2. The van der Waals surface area contributed by atoms with Gasteiger partial charge in [-0.3, -0.25) is 4.79 Å². The molecule has 1 unspecified atom stereocenters. The van der Waals surface area contributed by atoms with Crippen molar-refractivity contribution in [3.8, 4) is 5.75 Å². The first-order valence-electron chi connectivity index (χ1n) is 7.29. The molecule has 3 nitrogen and oxygen atoms in total. The van der Waals surface area contributed by atoms with Gasteiger partial charge in [-0.25, -0.2) is 0 Å². The molecule has 0 heterocycles. The number of carbonyl (C=O) groups excluding carboxylic acids is 1. The van der Waals surface area contributed by atoms with Crippen molar-refractivity contribution in [2.24, 2.45) is 0 Å². The van der Waals surface area contributed by atoms with Gasteiger partial charge in [0.15, 0.2) is 5.78 Å². The SMILES string of the molecule is COc1ccc(C(=O)C(Cc2ccccc2)OCC(F)(F)F)cc1. The van der Waals surface area contributed by atoms with E-state index < -0.39 is 24.7 Å². The summed E-state index contributed by atoms with van der Waals surface area (Å²) < 4.78 is 47.3. The maximum Gasteiger partial charge on any atom is 0.411 e. The fourth-order valence-corrected chi connectivity index (χ4v) is 2.19. The number of ether oxygens (including phenoxy) is 2. The highest BCUT2D eigenvalue weighted by Crippen LogP contribution is 2.20. The molecule has 0 spiro atoms. The lowest BCUT2D eigenvalue weighted by molar-refractivity contribution is -0.180. The topological polar surface area (TPSA) is 35.5 Å². The summed E-state index contributed by atoms with van der Waals surface area (Å²) in [5.41, 5.74) is 1.01. The monoisotopic (exact) mass is 338 g/mol. The minimum atomic E-state index is -4.49. The van der Waals surface area contributed by atoms with Crippen LogP contribution in [0.4, 0.5) is 13.2 Å². The lowest BCUT2D eigenvalue weighted by atomic mass is 9.99. The Balaban J connectivity index is 2.17. The second-order valence-electron chi connectivity index (χ2n) is 5.20. The van der Waals surface area contributed by atoms with Crippen LogP contribution in [0, 0.1) is 0 Å². The Labute approximate surface area is 138 Å². The zero-order valence-corrected chi connectivity index (χ0v) is 13.0. The van der Waals surface area contributed by atoms with Crippen LogP contribution in [0.1, 0.15) is 15.9 Å².